The molecule has 3 heteroatoms. The maximum atomic E-state index is 13.0. The van der Waals surface area contributed by atoms with E-state index in [0.29, 0.717) is 11.8 Å². The highest BCUT2D eigenvalue weighted by molar-refractivity contribution is 6.23. The van der Waals surface area contributed by atoms with Crippen molar-refractivity contribution in [2.75, 3.05) is 4.90 Å². The van der Waals surface area contributed by atoms with Gasteiger partial charge < -0.3 is 0 Å². The number of rotatable bonds is 1. The van der Waals surface area contributed by atoms with Gasteiger partial charge in [0.15, 0.2) is 0 Å². The number of hydrogen-bond acceptors (Lipinski definition) is 2. The second kappa shape index (κ2) is 3.70. The lowest BCUT2D eigenvalue weighted by atomic mass is 9.85. The molecule has 0 N–H and O–H groups in total. The van der Waals surface area contributed by atoms with Crippen LogP contribution in [0, 0.1) is 42.9 Å². The molecule has 1 heterocycles. The molecule has 1 aromatic carbocycles. The van der Waals surface area contributed by atoms with Crippen molar-refractivity contribution in [3.05, 3.63) is 41.5 Å². The van der Waals surface area contributed by atoms with Crippen molar-refractivity contribution in [1.29, 1.82) is 0 Å². The number of hydrogen-bond donors (Lipinski definition) is 0. The van der Waals surface area contributed by atoms with Crippen LogP contribution >= 0.6 is 0 Å². The summed E-state index contributed by atoms with van der Waals surface area (Å²) in [6, 6.07) is 5.87. The molecule has 1 aliphatic heterocycles. The monoisotopic (exact) mass is 293 g/mol. The van der Waals surface area contributed by atoms with Crippen LogP contribution in [0.25, 0.3) is 0 Å². The van der Waals surface area contributed by atoms with Crippen molar-refractivity contribution < 1.29 is 9.59 Å². The van der Waals surface area contributed by atoms with Gasteiger partial charge in [-0.25, -0.2) is 0 Å². The zero-order valence-electron chi connectivity index (χ0n) is 12.9. The van der Waals surface area contributed by atoms with E-state index in [1.165, 1.54) is 23.3 Å². The molecular formula is C19H19NO2. The molecule has 5 rings (SSSR count). The number of aryl methyl sites for hydroxylation is 2. The predicted molar refractivity (Wildman–Crippen MR) is 83.2 cm³/mol. The Bertz CT molecular complexity index is 725. The summed E-state index contributed by atoms with van der Waals surface area (Å²) >= 11 is 0. The molecule has 2 bridgehead atoms. The molecule has 22 heavy (non-hydrogen) atoms. The van der Waals surface area contributed by atoms with Crippen molar-refractivity contribution in [1.82, 2.24) is 0 Å². The Labute approximate surface area is 130 Å². The molecule has 4 atom stereocenters. The number of carbonyl (C=O) groups is 2. The Balaban J connectivity index is 1.57. The molecule has 2 saturated carbocycles. The van der Waals surface area contributed by atoms with Gasteiger partial charge in [-0.05, 0) is 67.2 Å². The van der Waals surface area contributed by atoms with E-state index in [2.05, 4.69) is 12.2 Å². The van der Waals surface area contributed by atoms with E-state index in [9.17, 15) is 9.59 Å². The SMILES string of the molecule is Cc1ccc(N2C(=O)[C@@H]3[C@@H](C2=O)[C@H]2C=C[C@H]3C23CC3)cc1C. The van der Waals surface area contributed by atoms with E-state index < -0.39 is 0 Å². The minimum Gasteiger partial charge on any atom is -0.274 e. The van der Waals surface area contributed by atoms with E-state index in [0.717, 1.165) is 11.3 Å². The number of anilines is 1. The number of allylic oxidation sites excluding steroid dienone is 2. The fourth-order valence-corrected chi connectivity index (χ4v) is 5.20. The van der Waals surface area contributed by atoms with Gasteiger partial charge in [0.2, 0.25) is 11.8 Å². The standard InChI is InChI=1S/C19H19NO2/c1-10-3-4-12(9-11(10)2)20-17(21)15-13-5-6-14(16(15)18(20)22)19(13)7-8-19/h3-6,9,13-16H,7-8H2,1-2H3/t13-,14-,15+,16+/m1/s1. The molecular weight excluding hydrogens is 274 g/mol. The van der Waals surface area contributed by atoms with Gasteiger partial charge in [0.1, 0.15) is 0 Å². The quantitative estimate of drug-likeness (QED) is 0.589. The molecule has 112 valence electrons. The smallest absolute Gasteiger partial charge is 0.238 e. The third-order valence-electron chi connectivity index (χ3n) is 6.60. The Morgan fingerprint density at radius 2 is 1.55 bits per heavy atom. The van der Waals surface area contributed by atoms with Gasteiger partial charge in [0.05, 0.1) is 17.5 Å². The molecule has 3 fully saturated rings. The largest absolute Gasteiger partial charge is 0.274 e. The summed E-state index contributed by atoms with van der Waals surface area (Å²) in [5, 5.41) is 0. The summed E-state index contributed by atoms with van der Waals surface area (Å²) in [6.07, 6.45) is 6.81. The number of nitrogens with zero attached hydrogens (tertiary/aromatic N) is 1. The predicted octanol–water partition coefficient (Wildman–Crippen LogP) is 3.01. The van der Waals surface area contributed by atoms with Crippen LogP contribution in [0.4, 0.5) is 5.69 Å². The third kappa shape index (κ3) is 1.25. The number of amides is 2. The van der Waals surface area contributed by atoms with Crippen LogP contribution in [0.2, 0.25) is 0 Å². The maximum absolute atomic E-state index is 13.0. The summed E-state index contributed by atoms with van der Waals surface area (Å²) in [7, 11) is 0. The van der Waals surface area contributed by atoms with Crippen molar-refractivity contribution >= 4 is 17.5 Å². The first-order valence-corrected chi connectivity index (χ1v) is 8.18. The number of imide groups is 1. The molecule has 0 unspecified atom stereocenters. The second-order valence-electron chi connectivity index (χ2n) is 7.50. The minimum absolute atomic E-state index is 0.0291. The highest BCUT2D eigenvalue weighted by Gasteiger charge is 2.73. The summed E-state index contributed by atoms with van der Waals surface area (Å²) < 4.78 is 0. The van der Waals surface area contributed by atoms with Crippen LogP contribution in [-0.4, -0.2) is 11.8 Å². The molecule has 0 radical (unpaired) electrons. The summed E-state index contributed by atoms with van der Waals surface area (Å²) in [5.74, 6) is 0.451. The topological polar surface area (TPSA) is 37.4 Å². The number of benzene rings is 1. The lowest BCUT2D eigenvalue weighted by Gasteiger charge is -2.22. The zero-order chi connectivity index (χ0) is 15.2. The average Bonchev–Trinajstić information content (AvgIpc) is 3.08. The van der Waals surface area contributed by atoms with Crippen LogP contribution in [-0.2, 0) is 9.59 Å². The molecule has 3 nitrogen and oxygen atoms in total. The molecule has 1 saturated heterocycles. The highest BCUT2D eigenvalue weighted by atomic mass is 16.2. The third-order valence-corrected chi connectivity index (χ3v) is 6.60. The average molecular weight is 293 g/mol. The number of fused-ring (bicyclic) bond motifs is 3. The normalized spacial score (nSPS) is 36.5. The van der Waals surface area contributed by atoms with Crippen molar-refractivity contribution in [2.24, 2.45) is 29.1 Å². The lowest BCUT2D eigenvalue weighted by molar-refractivity contribution is -0.123. The zero-order valence-corrected chi connectivity index (χ0v) is 12.9. The van der Waals surface area contributed by atoms with Crippen LogP contribution < -0.4 is 4.90 Å². The molecule has 0 aromatic heterocycles. The summed E-state index contributed by atoms with van der Waals surface area (Å²) in [6.45, 7) is 4.07. The first kappa shape index (κ1) is 12.6. The van der Waals surface area contributed by atoms with E-state index >= 15 is 0 Å². The maximum Gasteiger partial charge on any atom is 0.238 e. The Morgan fingerprint density at radius 1 is 0.955 bits per heavy atom. The van der Waals surface area contributed by atoms with E-state index in [1.54, 1.807) is 0 Å². The van der Waals surface area contributed by atoms with Gasteiger partial charge in [-0.1, -0.05) is 18.2 Å². The van der Waals surface area contributed by atoms with E-state index in [-0.39, 0.29) is 29.1 Å². The number of carbonyl (C=O) groups excluding carboxylic acids is 2. The highest BCUT2D eigenvalue weighted by Crippen LogP contribution is 2.73. The molecule has 2 amide bonds. The first-order chi connectivity index (χ1) is 10.5. The molecule has 1 spiro atoms. The first-order valence-electron chi connectivity index (χ1n) is 8.18. The van der Waals surface area contributed by atoms with E-state index in [4.69, 9.17) is 0 Å². The Morgan fingerprint density at radius 3 is 2.05 bits per heavy atom. The van der Waals surface area contributed by atoms with Crippen LogP contribution in [0.15, 0.2) is 30.4 Å². The van der Waals surface area contributed by atoms with Crippen LogP contribution in [0.1, 0.15) is 24.0 Å². The fourth-order valence-electron chi connectivity index (χ4n) is 5.20. The van der Waals surface area contributed by atoms with E-state index in [1.807, 2.05) is 32.0 Å². The molecule has 4 aliphatic rings. The van der Waals surface area contributed by atoms with Gasteiger partial charge in [0.25, 0.3) is 0 Å². The van der Waals surface area contributed by atoms with Gasteiger partial charge >= 0.3 is 0 Å². The van der Waals surface area contributed by atoms with Gasteiger partial charge in [0, 0.05) is 0 Å². The van der Waals surface area contributed by atoms with Gasteiger partial charge in [-0.2, -0.15) is 0 Å². The van der Waals surface area contributed by atoms with Gasteiger partial charge in [-0.3, -0.25) is 14.5 Å². The Hall–Kier alpha value is -1.90. The van der Waals surface area contributed by atoms with Crippen molar-refractivity contribution in [3.63, 3.8) is 0 Å². The lowest BCUT2D eigenvalue weighted by Crippen LogP contribution is -2.34. The molecule has 1 aromatic rings. The Kier molecular flexibility index (Phi) is 2.13. The molecule has 3 aliphatic carbocycles. The van der Waals surface area contributed by atoms with Crippen LogP contribution in [0.3, 0.4) is 0 Å². The van der Waals surface area contributed by atoms with Gasteiger partial charge in [-0.15, -0.1) is 0 Å². The fraction of sp³-hybridized carbons (Fsp3) is 0.474. The summed E-state index contributed by atoms with van der Waals surface area (Å²) in [5.41, 5.74) is 3.32. The van der Waals surface area contributed by atoms with Crippen molar-refractivity contribution in [3.8, 4) is 0 Å². The second-order valence-corrected chi connectivity index (χ2v) is 7.50. The summed E-state index contributed by atoms with van der Waals surface area (Å²) in [4.78, 5) is 27.4. The van der Waals surface area contributed by atoms with Crippen LogP contribution in [0.5, 0.6) is 0 Å². The van der Waals surface area contributed by atoms with Crippen molar-refractivity contribution in [2.45, 2.75) is 26.7 Å². The minimum atomic E-state index is -0.105.